The molecule has 0 N–H and O–H groups in total. The number of carbonyl (C=O) groups excluding carboxylic acids is 2. The van der Waals surface area contributed by atoms with E-state index in [0.717, 1.165) is 11.0 Å². The van der Waals surface area contributed by atoms with Crippen molar-refractivity contribution in [3.8, 4) is 0 Å². The lowest BCUT2D eigenvalue weighted by Crippen LogP contribution is -2.35. The monoisotopic (exact) mass is 275 g/mol. The van der Waals surface area contributed by atoms with Crippen molar-refractivity contribution in [3.63, 3.8) is 0 Å². The Morgan fingerprint density at radius 1 is 1.35 bits per heavy atom. The third-order valence-electron chi connectivity index (χ3n) is 2.93. The predicted octanol–water partition coefficient (Wildman–Crippen LogP) is 1.06. The Bertz CT molecular complexity index is 621. The molecule has 6 nitrogen and oxygen atoms in total. The minimum absolute atomic E-state index is 0.0424. The molecule has 0 aliphatic carbocycles. The number of rotatable bonds is 5. The highest BCUT2D eigenvalue weighted by molar-refractivity contribution is 5.83. The van der Waals surface area contributed by atoms with Gasteiger partial charge in [-0.05, 0) is 19.1 Å². The van der Waals surface area contributed by atoms with Gasteiger partial charge in [-0.25, -0.2) is 4.98 Å². The van der Waals surface area contributed by atoms with Crippen molar-refractivity contribution in [2.75, 3.05) is 20.2 Å². The van der Waals surface area contributed by atoms with Gasteiger partial charge in [-0.2, -0.15) is 0 Å². The number of fused-ring (bicyclic) bond motifs is 1. The van der Waals surface area contributed by atoms with Crippen LogP contribution in [0.4, 0.5) is 0 Å². The molecule has 0 aliphatic heterocycles. The third kappa shape index (κ3) is 3.14. The molecule has 0 unspecified atom stereocenters. The summed E-state index contributed by atoms with van der Waals surface area (Å²) < 4.78 is 6.58. The SMILES string of the molecule is CCOC(=O)CN(C)C(=O)Cn1cnc2ccccc21. The number of aromatic nitrogens is 2. The van der Waals surface area contributed by atoms with Crippen molar-refractivity contribution in [2.45, 2.75) is 13.5 Å². The minimum Gasteiger partial charge on any atom is -0.465 e. The smallest absolute Gasteiger partial charge is 0.325 e. The van der Waals surface area contributed by atoms with E-state index in [4.69, 9.17) is 4.74 Å². The molecule has 20 heavy (non-hydrogen) atoms. The molecule has 0 bridgehead atoms. The molecule has 1 aromatic carbocycles. The number of nitrogens with zero attached hydrogens (tertiary/aromatic N) is 3. The molecule has 0 radical (unpaired) electrons. The summed E-state index contributed by atoms with van der Waals surface area (Å²) in [6.07, 6.45) is 1.63. The lowest BCUT2D eigenvalue weighted by atomic mass is 10.3. The van der Waals surface area contributed by atoms with Crippen molar-refractivity contribution in [1.29, 1.82) is 0 Å². The fourth-order valence-corrected chi connectivity index (χ4v) is 1.89. The molecule has 1 amide bonds. The highest BCUT2D eigenvalue weighted by atomic mass is 16.5. The van der Waals surface area contributed by atoms with Crippen LogP contribution in [0.15, 0.2) is 30.6 Å². The Morgan fingerprint density at radius 2 is 2.10 bits per heavy atom. The number of hydrogen-bond acceptors (Lipinski definition) is 4. The van der Waals surface area contributed by atoms with Gasteiger partial charge in [0.1, 0.15) is 13.1 Å². The lowest BCUT2D eigenvalue weighted by molar-refractivity contribution is -0.148. The summed E-state index contributed by atoms with van der Waals surface area (Å²) in [5.74, 6) is -0.569. The molecule has 0 atom stereocenters. The van der Waals surface area contributed by atoms with Gasteiger partial charge in [0.05, 0.1) is 24.0 Å². The Morgan fingerprint density at radius 3 is 2.85 bits per heavy atom. The number of benzene rings is 1. The van der Waals surface area contributed by atoms with E-state index in [1.54, 1.807) is 24.9 Å². The molecule has 6 heteroatoms. The van der Waals surface area contributed by atoms with E-state index in [1.807, 2.05) is 24.3 Å². The second kappa shape index (κ2) is 6.18. The molecule has 0 saturated carbocycles. The minimum atomic E-state index is -0.404. The average Bonchev–Trinajstić information content (AvgIpc) is 2.82. The summed E-state index contributed by atoms with van der Waals surface area (Å²) in [6, 6.07) is 7.58. The van der Waals surface area contributed by atoms with Gasteiger partial charge >= 0.3 is 5.97 Å². The van der Waals surface area contributed by atoms with Crippen LogP contribution in [0.25, 0.3) is 11.0 Å². The number of para-hydroxylation sites is 2. The number of amides is 1. The fourth-order valence-electron chi connectivity index (χ4n) is 1.89. The van der Waals surface area contributed by atoms with Crippen LogP contribution in [-0.2, 0) is 20.9 Å². The zero-order chi connectivity index (χ0) is 14.5. The number of imidazole rings is 1. The maximum atomic E-state index is 12.1. The molecular weight excluding hydrogens is 258 g/mol. The standard InChI is InChI=1S/C14H17N3O3/c1-3-20-14(19)9-16(2)13(18)8-17-10-15-11-6-4-5-7-12(11)17/h4-7,10H,3,8-9H2,1-2H3. The van der Waals surface area contributed by atoms with Gasteiger partial charge in [0.25, 0.3) is 0 Å². The second-order valence-corrected chi connectivity index (χ2v) is 4.42. The van der Waals surface area contributed by atoms with Crippen LogP contribution in [0.3, 0.4) is 0 Å². The molecule has 1 aromatic heterocycles. The van der Waals surface area contributed by atoms with Crippen LogP contribution < -0.4 is 0 Å². The van der Waals surface area contributed by atoms with Crippen molar-refractivity contribution in [1.82, 2.24) is 14.5 Å². The topological polar surface area (TPSA) is 64.4 Å². The third-order valence-corrected chi connectivity index (χ3v) is 2.93. The first-order chi connectivity index (χ1) is 9.61. The molecule has 0 fully saturated rings. The largest absolute Gasteiger partial charge is 0.465 e. The summed E-state index contributed by atoms with van der Waals surface area (Å²) in [7, 11) is 1.58. The van der Waals surface area contributed by atoms with E-state index in [0.29, 0.717) is 6.61 Å². The van der Waals surface area contributed by atoms with Crippen LogP contribution in [0.5, 0.6) is 0 Å². The van der Waals surface area contributed by atoms with E-state index in [-0.39, 0.29) is 19.0 Å². The Balaban J connectivity index is 2.02. The Hall–Kier alpha value is -2.37. The number of carbonyl (C=O) groups is 2. The number of esters is 1. The van der Waals surface area contributed by atoms with Crippen LogP contribution in [0, 0.1) is 0 Å². The summed E-state index contributed by atoms with van der Waals surface area (Å²) >= 11 is 0. The Kier molecular flexibility index (Phi) is 4.34. The first-order valence-corrected chi connectivity index (χ1v) is 6.41. The van der Waals surface area contributed by atoms with Crippen LogP contribution in [0.2, 0.25) is 0 Å². The summed E-state index contributed by atoms with van der Waals surface area (Å²) in [5.41, 5.74) is 1.73. The van der Waals surface area contributed by atoms with E-state index < -0.39 is 5.97 Å². The zero-order valence-corrected chi connectivity index (χ0v) is 11.6. The van der Waals surface area contributed by atoms with Gasteiger partial charge in [0.15, 0.2) is 0 Å². The predicted molar refractivity (Wildman–Crippen MR) is 74.0 cm³/mol. The highest BCUT2D eigenvalue weighted by Gasteiger charge is 2.15. The molecule has 0 aliphatic rings. The van der Waals surface area contributed by atoms with E-state index in [1.165, 1.54) is 4.90 Å². The van der Waals surface area contributed by atoms with Crippen LogP contribution >= 0.6 is 0 Å². The molecule has 2 rings (SSSR count). The van der Waals surface area contributed by atoms with Gasteiger partial charge in [-0.3, -0.25) is 9.59 Å². The molecule has 0 spiro atoms. The first-order valence-electron chi connectivity index (χ1n) is 6.41. The van der Waals surface area contributed by atoms with E-state index >= 15 is 0 Å². The van der Waals surface area contributed by atoms with Crippen molar-refractivity contribution >= 4 is 22.9 Å². The number of ether oxygens (including phenoxy) is 1. The Labute approximate surface area is 117 Å². The maximum absolute atomic E-state index is 12.1. The van der Waals surface area contributed by atoms with Crippen molar-refractivity contribution in [2.24, 2.45) is 0 Å². The van der Waals surface area contributed by atoms with Crippen molar-refractivity contribution < 1.29 is 14.3 Å². The highest BCUT2D eigenvalue weighted by Crippen LogP contribution is 2.11. The van der Waals surface area contributed by atoms with Gasteiger partial charge in [-0.15, -0.1) is 0 Å². The molecule has 1 heterocycles. The van der Waals surface area contributed by atoms with E-state index in [9.17, 15) is 9.59 Å². The first kappa shape index (κ1) is 14.0. The summed E-state index contributed by atoms with van der Waals surface area (Å²) in [4.78, 5) is 29.0. The summed E-state index contributed by atoms with van der Waals surface area (Å²) in [5, 5.41) is 0. The van der Waals surface area contributed by atoms with E-state index in [2.05, 4.69) is 4.98 Å². The number of hydrogen-bond donors (Lipinski definition) is 0. The lowest BCUT2D eigenvalue weighted by Gasteiger charge is -2.16. The summed E-state index contributed by atoms with van der Waals surface area (Å²) in [6.45, 7) is 2.15. The van der Waals surface area contributed by atoms with Gasteiger partial charge in [0, 0.05) is 7.05 Å². The molecular formula is C14H17N3O3. The maximum Gasteiger partial charge on any atom is 0.325 e. The molecule has 0 saturated heterocycles. The zero-order valence-electron chi connectivity index (χ0n) is 11.6. The average molecular weight is 275 g/mol. The molecule has 106 valence electrons. The fraction of sp³-hybridized carbons (Fsp3) is 0.357. The van der Waals surface area contributed by atoms with Crippen LogP contribution in [0.1, 0.15) is 6.92 Å². The number of likely N-dealkylation sites (N-methyl/N-ethyl adjacent to an activating group) is 1. The second-order valence-electron chi connectivity index (χ2n) is 4.42. The van der Waals surface area contributed by atoms with Gasteiger partial charge in [-0.1, -0.05) is 12.1 Å². The van der Waals surface area contributed by atoms with Gasteiger partial charge in [0.2, 0.25) is 5.91 Å². The van der Waals surface area contributed by atoms with Crippen molar-refractivity contribution in [3.05, 3.63) is 30.6 Å². The quantitative estimate of drug-likeness (QED) is 0.765. The normalized spacial score (nSPS) is 10.5. The molecule has 2 aromatic rings. The van der Waals surface area contributed by atoms with Crippen LogP contribution in [-0.4, -0.2) is 46.5 Å². The van der Waals surface area contributed by atoms with Gasteiger partial charge < -0.3 is 14.2 Å².